The van der Waals surface area contributed by atoms with Crippen molar-refractivity contribution in [3.8, 4) is 0 Å². The Bertz CT molecular complexity index is 22.5. The predicted octanol–water partition coefficient (Wildman–Crippen LogP) is -1.77. The summed E-state index contributed by atoms with van der Waals surface area (Å²) in [6, 6.07) is 0. The summed E-state index contributed by atoms with van der Waals surface area (Å²) in [5.41, 5.74) is 0. The monoisotopic (exact) mass is 716 g/mol. The molecule has 0 heterocycles. The van der Waals surface area contributed by atoms with E-state index >= 15 is 0 Å². The van der Waals surface area contributed by atoms with Crippen molar-refractivity contribution in [3.05, 3.63) is 0 Å². The standard InChI is InChI=1S/2Ba.2Ca.2Cu.Hg.2O. The van der Waals surface area contributed by atoms with Crippen LogP contribution in [0, 0.1) is 0 Å². The summed E-state index contributed by atoms with van der Waals surface area (Å²) in [5, 5.41) is 0. The van der Waals surface area contributed by atoms with E-state index in [4.69, 9.17) is 7.67 Å². The van der Waals surface area contributed by atoms with E-state index in [2.05, 4.69) is 31.9 Å². The molecule has 0 aromatic rings. The van der Waals surface area contributed by atoms with Crippen molar-refractivity contribution in [1.29, 1.82) is 0 Å². The topological polar surface area (TPSA) is 34.1 Å². The molecule has 0 bridgehead atoms. The number of hydrogen-bond donors (Lipinski definition) is 0. The molecule has 0 spiro atoms. The summed E-state index contributed by atoms with van der Waals surface area (Å²) in [6.45, 7) is 0. The zero-order valence-electron chi connectivity index (χ0n) is 4.96. The minimum absolute atomic E-state index is 0. The van der Waals surface area contributed by atoms with Gasteiger partial charge in [-0.2, -0.15) is 0 Å². The molecule has 0 aromatic carbocycles. The average Bonchev–Trinajstić information content (AvgIpc) is 1.50. The second-order valence-electron chi connectivity index (χ2n) is 0. The van der Waals surface area contributed by atoms with Crippen molar-refractivity contribution < 1.29 is 67.2 Å². The summed E-state index contributed by atoms with van der Waals surface area (Å²) < 4.78 is 15.6. The summed E-state index contributed by atoms with van der Waals surface area (Å²) in [6.07, 6.45) is 0. The second-order valence-corrected chi connectivity index (χ2v) is 0. The third-order valence-electron chi connectivity index (χ3n) is 0. The van der Waals surface area contributed by atoms with Gasteiger partial charge in [0.05, 0.1) is 0 Å². The zero-order valence-corrected chi connectivity index (χ0v) is 25.6. The zero-order chi connectivity index (χ0) is 4.00. The van der Waals surface area contributed by atoms with Crippen molar-refractivity contribution in [2.45, 2.75) is 0 Å². The van der Waals surface area contributed by atoms with Gasteiger partial charge in [-0.3, -0.25) is 0 Å². The van der Waals surface area contributed by atoms with Crippen LogP contribution in [0.4, 0.5) is 0 Å². The SMILES string of the molecule is [Ba].[Ba].[Ca].[Ca].[Hg].[O]=[Cu].[O]=[Cu]. The third kappa shape index (κ3) is 51.0. The molecule has 0 aromatic heterocycles. The van der Waals surface area contributed by atoms with Gasteiger partial charge < -0.3 is 0 Å². The van der Waals surface area contributed by atoms with Crippen LogP contribution in [0.2, 0.25) is 0 Å². The van der Waals surface area contributed by atoms with E-state index < -0.39 is 0 Å². The van der Waals surface area contributed by atoms with Gasteiger partial charge >= 0.3 is 39.6 Å². The number of rotatable bonds is 0. The molecule has 0 aliphatic carbocycles. The van der Waals surface area contributed by atoms with Gasteiger partial charge in [-0.05, 0) is 0 Å². The van der Waals surface area contributed by atoms with Gasteiger partial charge in [-0.15, -0.1) is 0 Å². The van der Waals surface area contributed by atoms with E-state index in [-0.39, 0.29) is 201 Å². The van der Waals surface area contributed by atoms with E-state index in [1.54, 1.807) is 0 Å². The third-order valence-corrected chi connectivity index (χ3v) is 0. The normalized spacial score (nSPS) is 1.33. The maximum atomic E-state index is 7.81. The molecule has 0 unspecified atom stereocenters. The van der Waals surface area contributed by atoms with Crippen molar-refractivity contribution in [2.24, 2.45) is 0 Å². The Morgan fingerprint density at radius 1 is 0.667 bits per heavy atom. The van der Waals surface area contributed by atoms with Gasteiger partial charge in [0.25, 0.3) is 0 Å². The summed E-state index contributed by atoms with van der Waals surface area (Å²) in [7, 11) is 0. The van der Waals surface area contributed by atoms with E-state index in [9.17, 15) is 0 Å². The van der Waals surface area contributed by atoms with Crippen LogP contribution in [-0.2, 0) is 67.2 Å². The molecular formula is Ba2Ca2Cu2HgO2. The number of hydrogen-bond acceptors (Lipinski definition) is 2. The van der Waals surface area contributed by atoms with E-state index in [1.165, 1.54) is 0 Å². The molecule has 0 fully saturated rings. The van der Waals surface area contributed by atoms with Crippen LogP contribution in [0.15, 0.2) is 0 Å². The van der Waals surface area contributed by atoms with Gasteiger partial charge in [0.2, 0.25) is 0 Å². The quantitative estimate of drug-likeness (QED) is 0.279. The molecule has 2 nitrogen and oxygen atoms in total. The van der Waals surface area contributed by atoms with Crippen molar-refractivity contribution in [1.82, 2.24) is 0 Å². The van der Waals surface area contributed by atoms with Crippen LogP contribution in [0.5, 0.6) is 0 Å². The first-order valence-corrected chi connectivity index (χ1v) is 1.02. The van der Waals surface area contributed by atoms with Gasteiger partial charge in [0.15, 0.2) is 0 Å². The van der Waals surface area contributed by atoms with Crippen LogP contribution in [-0.4, -0.2) is 173 Å². The molecule has 44 valence electrons. The van der Waals surface area contributed by atoms with Gasteiger partial charge in [0.1, 0.15) is 0 Å². The Morgan fingerprint density at radius 2 is 0.667 bits per heavy atom. The second kappa shape index (κ2) is 59.0. The Morgan fingerprint density at radius 3 is 0.667 bits per heavy atom. The first-order chi connectivity index (χ1) is 2.00. The Balaban J connectivity index is -0.00000000114. The molecule has 0 aliphatic heterocycles. The molecule has 0 amide bonds. The van der Waals surface area contributed by atoms with Crippen LogP contribution in [0.25, 0.3) is 0 Å². The molecule has 0 N–H and O–H groups in total. The summed E-state index contributed by atoms with van der Waals surface area (Å²) in [4.78, 5) is 0. The fourth-order valence-electron chi connectivity index (χ4n) is 0. The van der Waals surface area contributed by atoms with Crippen LogP contribution in [0.3, 0.4) is 0 Å². The molecule has 0 rings (SSSR count). The molecule has 0 saturated heterocycles. The predicted molar refractivity (Wildman–Crippen MR) is 24.4 cm³/mol. The summed E-state index contributed by atoms with van der Waals surface area (Å²) >= 11 is 5.88. The fourth-order valence-corrected chi connectivity index (χ4v) is 0. The fraction of sp³-hybridized carbons (Fsp3) is 0. The van der Waals surface area contributed by atoms with E-state index in [0.717, 1.165) is 0 Å². The van der Waals surface area contributed by atoms with Crippen molar-refractivity contribution >= 4 is 173 Å². The van der Waals surface area contributed by atoms with Gasteiger partial charge in [-0.25, -0.2) is 0 Å². The Hall–Kier alpha value is 7.24. The minimum atomic E-state index is 0. The van der Waals surface area contributed by atoms with Crippen LogP contribution in [0.1, 0.15) is 0 Å². The Labute approximate surface area is 232 Å². The van der Waals surface area contributed by atoms with Crippen LogP contribution < -0.4 is 0 Å². The van der Waals surface area contributed by atoms with E-state index in [0.29, 0.717) is 0 Å². The maximum absolute atomic E-state index is 7.81. The van der Waals surface area contributed by atoms with E-state index in [1.807, 2.05) is 0 Å². The summed E-state index contributed by atoms with van der Waals surface area (Å²) in [5.74, 6) is 0. The first-order valence-electron chi connectivity index (χ1n) is 0.246. The van der Waals surface area contributed by atoms with Crippen molar-refractivity contribution in [3.63, 3.8) is 0 Å². The Kier molecular flexibility index (Phi) is 289. The van der Waals surface area contributed by atoms with Gasteiger partial charge in [0, 0.05) is 201 Å². The van der Waals surface area contributed by atoms with Gasteiger partial charge in [-0.1, -0.05) is 0 Å². The molecule has 0 atom stereocenters. The average molecular weight is 714 g/mol. The molecule has 8 radical (unpaired) electrons. The van der Waals surface area contributed by atoms with Crippen molar-refractivity contribution in [2.75, 3.05) is 0 Å². The molecule has 9 heavy (non-hydrogen) atoms. The first kappa shape index (κ1) is 44.2. The van der Waals surface area contributed by atoms with Crippen LogP contribution >= 0.6 is 0 Å². The molecular weight excluding hydrogens is 714 g/mol. The molecule has 0 aliphatic rings. The molecule has 9 heteroatoms. The molecule has 0 saturated carbocycles.